The lowest BCUT2D eigenvalue weighted by Crippen LogP contribution is -2.16. The molecule has 7 nitrogen and oxygen atoms in total. The molecule has 9 heteroatoms. The van der Waals surface area contributed by atoms with Crippen molar-refractivity contribution >= 4 is 48.5 Å². The SMILES string of the molecule is NC(=O)c1cc(S(=O)(=O)Nc2cc(Br)c3cc[nH]c3c2)ccc1O. The molecule has 3 rings (SSSR count). The van der Waals surface area contributed by atoms with Gasteiger partial charge in [0.2, 0.25) is 0 Å². The summed E-state index contributed by atoms with van der Waals surface area (Å²) in [6.07, 6.45) is 1.74. The average Bonchev–Trinajstić information content (AvgIpc) is 2.95. The van der Waals surface area contributed by atoms with Gasteiger partial charge in [0, 0.05) is 21.6 Å². The number of carbonyl (C=O) groups is 1. The number of sulfonamides is 1. The number of hydrogen-bond acceptors (Lipinski definition) is 4. The van der Waals surface area contributed by atoms with E-state index in [1.807, 2.05) is 6.07 Å². The van der Waals surface area contributed by atoms with Gasteiger partial charge in [-0.3, -0.25) is 9.52 Å². The van der Waals surface area contributed by atoms with Crippen LogP contribution in [0.2, 0.25) is 0 Å². The van der Waals surface area contributed by atoms with Crippen LogP contribution < -0.4 is 10.5 Å². The lowest BCUT2D eigenvalue weighted by Gasteiger charge is -2.10. The Bertz CT molecular complexity index is 1060. The summed E-state index contributed by atoms with van der Waals surface area (Å²) in [5.74, 6) is -1.29. The molecule has 0 bridgehead atoms. The van der Waals surface area contributed by atoms with E-state index in [1.54, 1.807) is 18.3 Å². The minimum atomic E-state index is -3.96. The van der Waals surface area contributed by atoms with Crippen LogP contribution in [0.15, 0.2) is 52.0 Å². The number of nitrogens with one attached hydrogen (secondary N) is 2. The molecule has 0 atom stereocenters. The van der Waals surface area contributed by atoms with Crippen molar-refractivity contribution in [3.05, 3.63) is 52.6 Å². The number of aromatic nitrogens is 1. The summed E-state index contributed by atoms with van der Waals surface area (Å²) in [5, 5.41) is 10.5. The average molecular weight is 410 g/mol. The molecule has 0 fully saturated rings. The Hall–Kier alpha value is -2.52. The summed E-state index contributed by atoms with van der Waals surface area (Å²) >= 11 is 3.38. The molecule has 24 heavy (non-hydrogen) atoms. The summed E-state index contributed by atoms with van der Waals surface area (Å²) < 4.78 is 28.2. The van der Waals surface area contributed by atoms with Crippen molar-refractivity contribution in [3.63, 3.8) is 0 Å². The first kappa shape index (κ1) is 16.3. The fourth-order valence-corrected chi connectivity index (χ4v) is 3.93. The van der Waals surface area contributed by atoms with Gasteiger partial charge in [-0.2, -0.15) is 0 Å². The quantitative estimate of drug-likeness (QED) is 0.527. The normalized spacial score (nSPS) is 11.5. The molecule has 124 valence electrons. The van der Waals surface area contributed by atoms with Crippen LogP contribution in [0.25, 0.3) is 10.9 Å². The summed E-state index contributed by atoms with van der Waals surface area (Å²) in [7, 11) is -3.96. The van der Waals surface area contributed by atoms with Crippen molar-refractivity contribution in [2.24, 2.45) is 5.73 Å². The van der Waals surface area contributed by atoms with Crippen molar-refractivity contribution in [2.45, 2.75) is 4.90 Å². The number of benzene rings is 2. The van der Waals surface area contributed by atoms with E-state index in [9.17, 15) is 18.3 Å². The van der Waals surface area contributed by atoms with Gasteiger partial charge in [0.25, 0.3) is 15.9 Å². The van der Waals surface area contributed by atoms with Gasteiger partial charge in [0.1, 0.15) is 5.75 Å². The topological polar surface area (TPSA) is 125 Å². The summed E-state index contributed by atoms with van der Waals surface area (Å²) in [6.45, 7) is 0. The molecule has 2 aromatic carbocycles. The molecule has 3 aromatic rings. The van der Waals surface area contributed by atoms with Crippen LogP contribution in [0.3, 0.4) is 0 Å². The highest BCUT2D eigenvalue weighted by Gasteiger charge is 2.19. The third-order valence-corrected chi connectivity index (χ3v) is 5.45. The molecular weight excluding hydrogens is 398 g/mol. The predicted molar refractivity (Wildman–Crippen MR) is 93.4 cm³/mol. The molecule has 0 unspecified atom stereocenters. The van der Waals surface area contributed by atoms with Gasteiger partial charge < -0.3 is 15.8 Å². The van der Waals surface area contributed by atoms with Gasteiger partial charge in [-0.1, -0.05) is 15.9 Å². The Kier molecular flexibility index (Phi) is 3.98. The van der Waals surface area contributed by atoms with Gasteiger partial charge in [-0.15, -0.1) is 0 Å². The third-order valence-electron chi connectivity index (χ3n) is 3.41. The Labute approximate surface area is 145 Å². The largest absolute Gasteiger partial charge is 0.507 e. The van der Waals surface area contributed by atoms with E-state index in [1.165, 1.54) is 6.07 Å². The van der Waals surface area contributed by atoms with E-state index >= 15 is 0 Å². The molecule has 1 heterocycles. The van der Waals surface area contributed by atoms with Crippen LogP contribution in [0.5, 0.6) is 5.75 Å². The fourth-order valence-electron chi connectivity index (χ4n) is 2.27. The van der Waals surface area contributed by atoms with Crippen LogP contribution in [0.4, 0.5) is 5.69 Å². The van der Waals surface area contributed by atoms with Crippen molar-refractivity contribution < 1.29 is 18.3 Å². The van der Waals surface area contributed by atoms with Crippen LogP contribution in [-0.2, 0) is 10.0 Å². The number of halogens is 1. The van der Waals surface area contributed by atoms with Gasteiger partial charge >= 0.3 is 0 Å². The maximum Gasteiger partial charge on any atom is 0.261 e. The molecule has 1 aromatic heterocycles. The summed E-state index contributed by atoms with van der Waals surface area (Å²) in [5.41, 5.74) is 5.95. The monoisotopic (exact) mass is 409 g/mol. The number of aromatic hydroxyl groups is 1. The van der Waals surface area contributed by atoms with Gasteiger partial charge in [0.15, 0.2) is 0 Å². The number of phenols is 1. The maximum atomic E-state index is 12.5. The highest BCUT2D eigenvalue weighted by atomic mass is 79.9. The number of fused-ring (bicyclic) bond motifs is 1. The first-order valence-electron chi connectivity index (χ1n) is 6.70. The number of rotatable bonds is 4. The number of primary amides is 1. The lowest BCUT2D eigenvalue weighted by molar-refractivity contribution is 0.0997. The fraction of sp³-hybridized carbons (Fsp3) is 0. The number of carbonyl (C=O) groups excluding carboxylic acids is 1. The van der Waals surface area contributed by atoms with E-state index < -0.39 is 15.9 Å². The van der Waals surface area contributed by atoms with Crippen LogP contribution >= 0.6 is 15.9 Å². The molecule has 0 saturated carbocycles. The van der Waals surface area contributed by atoms with Crippen LogP contribution in [-0.4, -0.2) is 24.4 Å². The standard InChI is InChI=1S/C15H12BrN3O4S/c16-12-5-8(6-13-10(12)3-4-18-13)19-24(22,23)9-1-2-14(20)11(7-9)15(17)21/h1-7,18-20H,(H2,17,21). The van der Waals surface area contributed by atoms with E-state index in [0.717, 1.165) is 27.5 Å². The number of H-pyrrole nitrogens is 1. The Balaban J connectivity index is 2.01. The van der Waals surface area contributed by atoms with Crippen molar-refractivity contribution in [2.75, 3.05) is 4.72 Å². The molecule has 0 aliphatic rings. The summed E-state index contributed by atoms with van der Waals surface area (Å²) in [6, 6.07) is 8.46. The number of hydrogen-bond donors (Lipinski definition) is 4. The van der Waals surface area contributed by atoms with Crippen LogP contribution in [0, 0.1) is 0 Å². The smallest absolute Gasteiger partial charge is 0.261 e. The highest BCUT2D eigenvalue weighted by molar-refractivity contribution is 9.10. The van der Waals surface area contributed by atoms with Crippen molar-refractivity contribution in [3.8, 4) is 5.75 Å². The summed E-state index contributed by atoms with van der Waals surface area (Å²) in [4.78, 5) is 14.1. The van der Waals surface area contributed by atoms with Gasteiger partial charge in [0.05, 0.1) is 16.1 Å². The molecule has 5 N–H and O–H groups in total. The lowest BCUT2D eigenvalue weighted by atomic mass is 10.2. The zero-order valence-electron chi connectivity index (χ0n) is 12.1. The number of nitrogens with two attached hydrogens (primary N) is 1. The first-order valence-corrected chi connectivity index (χ1v) is 8.98. The molecular formula is C15H12BrN3O4S. The highest BCUT2D eigenvalue weighted by Crippen LogP contribution is 2.29. The zero-order valence-corrected chi connectivity index (χ0v) is 14.5. The first-order chi connectivity index (χ1) is 11.3. The molecule has 0 aliphatic heterocycles. The third kappa shape index (κ3) is 2.95. The second kappa shape index (κ2) is 5.84. The Morgan fingerprint density at radius 1 is 1.21 bits per heavy atom. The number of amides is 1. The molecule has 0 aliphatic carbocycles. The number of aromatic amines is 1. The second-order valence-corrected chi connectivity index (χ2v) is 7.58. The van der Waals surface area contributed by atoms with Gasteiger partial charge in [-0.25, -0.2) is 8.42 Å². The second-order valence-electron chi connectivity index (χ2n) is 5.05. The minimum Gasteiger partial charge on any atom is -0.507 e. The molecule has 0 saturated heterocycles. The molecule has 1 amide bonds. The van der Waals surface area contributed by atoms with E-state index in [4.69, 9.17) is 5.73 Å². The zero-order chi connectivity index (χ0) is 17.5. The van der Waals surface area contributed by atoms with E-state index in [2.05, 4.69) is 25.6 Å². The Morgan fingerprint density at radius 2 is 1.96 bits per heavy atom. The van der Waals surface area contributed by atoms with Crippen molar-refractivity contribution in [1.82, 2.24) is 4.98 Å². The van der Waals surface area contributed by atoms with E-state index in [0.29, 0.717) is 5.69 Å². The van der Waals surface area contributed by atoms with Gasteiger partial charge in [-0.05, 0) is 36.4 Å². The maximum absolute atomic E-state index is 12.5. The molecule has 0 radical (unpaired) electrons. The van der Waals surface area contributed by atoms with Crippen LogP contribution in [0.1, 0.15) is 10.4 Å². The van der Waals surface area contributed by atoms with Crippen molar-refractivity contribution in [1.29, 1.82) is 0 Å². The van der Waals surface area contributed by atoms with E-state index in [-0.39, 0.29) is 16.2 Å². The molecule has 0 spiro atoms. The number of anilines is 1. The minimum absolute atomic E-state index is 0.184. The Morgan fingerprint density at radius 3 is 2.67 bits per heavy atom. The predicted octanol–water partition coefficient (Wildman–Crippen LogP) is 2.54.